The second-order valence-electron chi connectivity index (χ2n) is 7.86. The van der Waals surface area contributed by atoms with Gasteiger partial charge < -0.3 is 9.64 Å². The SMILES string of the molecule is COCCn1c(C2CCCN2c2nc3c(s2)CCCC3)nc2ccccc2c1=O. The standard InChI is InChI=1S/C22H26N4O2S/c1-28-14-13-26-20(23-16-8-3-2-7-15(16)21(26)27)18-10-6-12-25(18)22-24-17-9-4-5-11-19(17)29-22/h2-3,7-8,18H,4-6,9-14H2,1H3. The Bertz CT molecular complexity index is 1070. The molecule has 7 heteroatoms. The molecule has 152 valence electrons. The first-order valence-corrected chi connectivity index (χ1v) is 11.3. The monoisotopic (exact) mass is 410 g/mol. The van der Waals surface area contributed by atoms with Gasteiger partial charge in [-0.3, -0.25) is 9.36 Å². The van der Waals surface area contributed by atoms with Gasteiger partial charge in [-0.15, -0.1) is 11.3 Å². The number of methoxy groups -OCH3 is 1. The van der Waals surface area contributed by atoms with Gasteiger partial charge in [0.2, 0.25) is 0 Å². The van der Waals surface area contributed by atoms with Crippen LogP contribution < -0.4 is 10.5 Å². The molecule has 2 aliphatic rings. The Labute approximate surface area is 174 Å². The third-order valence-electron chi connectivity index (χ3n) is 6.04. The summed E-state index contributed by atoms with van der Waals surface area (Å²) in [6.07, 6.45) is 6.82. The van der Waals surface area contributed by atoms with Gasteiger partial charge in [0.25, 0.3) is 5.56 Å². The number of thiazole rings is 1. The number of aromatic nitrogens is 3. The zero-order valence-electron chi connectivity index (χ0n) is 16.8. The average Bonchev–Trinajstić information content (AvgIpc) is 3.39. The number of nitrogens with zero attached hydrogens (tertiary/aromatic N) is 4. The molecule has 1 atom stereocenters. The van der Waals surface area contributed by atoms with Crippen molar-refractivity contribution in [3.05, 3.63) is 51.0 Å². The van der Waals surface area contributed by atoms with E-state index in [2.05, 4.69) is 4.90 Å². The summed E-state index contributed by atoms with van der Waals surface area (Å²) in [6.45, 7) is 1.97. The molecule has 1 fully saturated rings. The largest absolute Gasteiger partial charge is 0.383 e. The molecule has 1 unspecified atom stereocenters. The Balaban J connectivity index is 1.59. The maximum Gasteiger partial charge on any atom is 0.261 e. The van der Waals surface area contributed by atoms with Crippen molar-refractivity contribution in [2.24, 2.45) is 0 Å². The molecule has 29 heavy (non-hydrogen) atoms. The van der Waals surface area contributed by atoms with Crippen molar-refractivity contribution < 1.29 is 4.74 Å². The number of benzene rings is 1. The first-order chi connectivity index (χ1) is 14.3. The number of fused-ring (bicyclic) bond motifs is 2. The van der Waals surface area contributed by atoms with Crippen LogP contribution in [0.15, 0.2) is 29.1 Å². The predicted octanol–water partition coefficient (Wildman–Crippen LogP) is 3.72. The number of aryl methyl sites for hydroxylation is 2. The minimum Gasteiger partial charge on any atom is -0.383 e. The highest BCUT2D eigenvalue weighted by Gasteiger charge is 2.33. The first-order valence-electron chi connectivity index (χ1n) is 10.5. The number of hydrogen-bond acceptors (Lipinski definition) is 6. The van der Waals surface area contributed by atoms with Crippen molar-refractivity contribution in [2.75, 3.05) is 25.2 Å². The Morgan fingerprint density at radius 3 is 2.90 bits per heavy atom. The summed E-state index contributed by atoms with van der Waals surface area (Å²) in [5, 5.41) is 1.77. The molecule has 0 spiro atoms. The van der Waals surface area contributed by atoms with Crippen LogP contribution in [0, 0.1) is 0 Å². The van der Waals surface area contributed by atoms with Crippen molar-refractivity contribution >= 4 is 27.4 Å². The highest BCUT2D eigenvalue weighted by atomic mass is 32.1. The summed E-state index contributed by atoms with van der Waals surface area (Å²) in [5.74, 6) is 0.844. The van der Waals surface area contributed by atoms with Gasteiger partial charge in [-0.25, -0.2) is 9.97 Å². The molecule has 3 aromatic rings. The second-order valence-corrected chi connectivity index (χ2v) is 8.92. The zero-order chi connectivity index (χ0) is 19.8. The summed E-state index contributed by atoms with van der Waals surface area (Å²) in [5.41, 5.74) is 2.07. The number of hydrogen-bond donors (Lipinski definition) is 0. The van der Waals surface area contributed by atoms with Crippen LogP contribution in [0.4, 0.5) is 5.13 Å². The fourth-order valence-electron chi connectivity index (χ4n) is 4.56. The van der Waals surface area contributed by atoms with Crippen molar-refractivity contribution in [3.8, 4) is 0 Å². The van der Waals surface area contributed by atoms with E-state index in [0.717, 1.165) is 48.7 Å². The molecule has 2 aromatic heterocycles. The summed E-state index contributed by atoms with van der Waals surface area (Å²) in [6, 6.07) is 7.71. The highest BCUT2D eigenvalue weighted by Crippen LogP contribution is 2.40. The molecule has 0 N–H and O–H groups in total. The van der Waals surface area contributed by atoms with E-state index in [1.54, 1.807) is 7.11 Å². The fraction of sp³-hybridized carbons (Fsp3) is 0.500. The third-order valence-corrected chi connectivity index (χ3v) is 7.24. The van der Waals surface area contributed by atoms with Crippen LogP contribution in [0.5, 0.6) is 0 Å². The number of anilines is 1. The Morgan fingerprint density at radius 2 is 2.03 bits per heavy atom. The molecule has 0 saturated carbocycles. The smallest absolute Gasteiger partial charge is 0.261 e. The Kier molecular flexibility index (Phi) is 5.09. The van der Waals surface area contributed by atoms with Crippen molar-refractivity contribution in [1.82, 2.24) is 14.5 Å². The molecule has 0 bridgehead atoms. The second kappa shape index (κ2) is 7.88. The first kappa shape index (κ1) is 18.8. The van der Waals surface area contributed by atoms with Crippen LogP contribution in [-0.2, 0) is 24.1 Å². The predicted molar refractivity (Wildman–Crippen MR) is 116 cm³/mol. The summed E-state index contributed by atoms with van der Waals surface area (Å²) < 4.78 is 7.11. The van der Waals surface area contributed by atoms with Crippen LogP contribution in [0.25, 0.3) is 10.9 Å². The van der Waals surface area contributed by atoms with E-state index < -0.39 is 0 Å². The summed E-state index contributed by atoms with van der Waals surface area (Å²) in [7, 11) is 1.67. The van der Waals surface area contributed by atoms with Crippen LogP contribution in [0.2, 0.25) is 0 Å². The van der Waals surface area contributed by atoms with Gasteiger partial charge in [-0.1, -0.05) is 12.1 Å². The minimum absolute atomic E-state index is 0.0212. The average molecular weight is 411 g/mol. The van der Waals surface area contributed by atoms with E-state index in [9.17, 15) is 4.79 Å². The molecule has 1 aromatic carbocycles. The fourth-order valence-corrected chi connectivity index (χ4v) is 5.79. The van der Waals surface area contributed by atoms with Gasteiger partial charge in [0, 0.05) is 18.5 Å². The summed E-state index contributed by atoms with van der Waals surface area (Å²) in [4.78, 5) is 27.0. The van der Waals surface area contributed by atoms with Gasteiger partial charge >= 0.3 is 0 Å². The van der Waals surface area contributed by atoms with Gasteiger partial charge in [-0.2, -0.15) is 0 Å². The van der Waals surface area contributed by atoms with E-state index in [1.807, 2.05) is 40.2 Å². The quantitative estimate of drug-likeness (QED) is 0.642. The van der Waals surface area contributed by atoms with Crippen molar-refractivity contribution in [3.63, 3.8) is 0 Å². The van der Waals surface area contributed by atoms with E-state index in [1.165, 1.54) is 23.4 Å². The van der Waals surface area contributed by atoms with Crippen LogP contribution in [0.1, 0.15) is 48.1 Å². The molecule has 1 aliphatic carbocycles. The van der Waals surface area contributed by atoms with E-state index in [-0.39, 0.29) is 11.6 Å². The molecule has 0 amide bonds. The lowest BCUT2D eigenvalue weighted by molar-refractivity contribution is 0.184. The molecule has 5 rings (SSSR count). The molecule has 0 radical (unpaired) electrons. The third kappa shape index (κ3) is 3.36. The molecule has 6 nitrogen and oxygen atoms in total. The van der Waals surface area contributed by atoms with Gasteiger partial charge in [-0.05, 0) is 50.7 Å². The van der Waals surface area contributed by atoms with Gasteiger partial charge in [0.05, 0.1) is 35.8 Å². The van der Waals surface area contributed by atoms with Gasteiger partial charge in [0.1, 0.15) is 5.82 Å². The Hall–Kier alpha value is -2.25. The number of ether oxygens (including phenoxy) is 1. The minimum atomic E-state index is 0.0212. The van der Waals surface area contributed by atoms with E-state index in [4.69, 9.17) is 14.7 Å². The van der Waals surface area contributed by atoms with Crippen LogP contribution >= 0.6 is 11.3 Å². The molecular formula is C22H26N4O2S. The molecule has 1 saturated heterocycles. The zero-order valence-corrected chi connectivity index (χ0v) is 17.6. The topological polar surface area (TPSA) is 60.2 Å². The molecule has 1 aliphatic heterocycles. The lowest BCUT2D eigenvalue weighted by Gasteiger charge is -2.26. The van der Waals surface area contributed by atoms with Crippen molar-refractivity contribution in [2.45, 2.75) is 51.1 Å². The maximum atomic E-state index is 13.3. The van der Waals surface area contributed by atoms with E-state index in [0.29, 0.717) is 18.5 Å². The number of rotatable bonds is 5. The van der Waals surface area contributed by atoms with Crippen molar-refractivity contribution in [1.29, 1.82) is 0 Å². The van der Waals surface area contributed by atoms with Crippen LogP contribution in [-0.4, -0.2) is 34.8 Å². The van der Waals surface area contributed by atoms with Gasteiger partial charge in [0.15, 0.2) is 5.13 Å². The lowest BCUT2D eigenvalue weighted by atomic mass is 10.0. The lowest BCUT2D eigenvalue weighted by Crippen LogP contribution is -2.33. The molecular weight excluding hydrogens is 384 g/mol. The normalized spacial score (nSPS) is 19.1. The Morgan fingerprint density at radius 1 is 1.17 bits per heavy atom. The van der Waals surface area contributed by atoms with E-state index >= 15 is 0 Å². The summed E-state index contributed by atoms with van der Waals surface area (Å²) >= 11 is 1.84. The van der Waals surface area contributed by atoms with Crippen LogP contribution in [0.3, 0.4) is 0 Å². The maximum absolute atomic E-state index is 13.3. The highest BCUT2D eigenvalue weighted by molar-refractivity contribution is 7.15. The molecule has 3 heterocycles. The number of para-hydroxylation sites is 1.